The van der Waals surface area contributed by atoms with Crippen molar-refractivity contribution in [2.75, 3.05) is 13.1 Å². The summed E-state index contributed by atoms with van der Waals surface area (Å²) in [5.74, 6) is -0.0184. The van der Waals surface area contributed by atoms with Crippen LogP contribution in [0.4, 0.5) is 4.39 Å². The summed E-state index contributed by atoms with van der Waals surface area (Å²) in [7, 11) is 0. The first kappa shape index (κ1) is 6.32. The van der Waals surface area contributed by atoms with Gasteiger partial charge in [0.05, 0.1) is 6.54 Å². The van der Waals surface area contributed by atoms with E-state index in [2.05, 4.69) is 0 Å². The maximum atomic E-state index is 12.3. The fraction of sp³-hybridized carbons (Fsp3) is 0.800. The largest absolute Gasteiger partial charge is 0.370 e. The number of hydrogen-bond donors (Lipinski definition) is 2. The van der Waals surface area contributed by atoms with E-state index in [0.717, 1.165) is 0 Å². The average molecular weight is 131 g/mol. The Morgan fingerprint density at radius 2 is 2.44 bits per heavy atom. The third-order valence-corrected chi connectivity index (χ3v) is 1.47. The standard InChI is InChI=1S/C5H10FN3/c6-4-1-2-9(3-4)5(7)8/h4H,1-3H2,(H3,7,8)/t4-/m1/s1. The van der Waals surface area contributed by atoms with Gasteiger partial charge in [0.15, 0.2) is 5.96 Å². The fourth-order valence-electron chi connectivity index (χ4n) is 0.936. The summed E-state index contributed by atoms with van der Waals surface area (Å²) in [6.07, 6.45) is -0.270. The van der Waals surface area contributed by atoms with Crippen LogP contribution in [0.2, 0.25) is 0 Å². The van der Waals surface area contributed by atoms with Crippen LogP contribution < -0.4 is 5.73 Å². The molecule has 9 heavy (non-hydrogen) atoms. The minimum Gasteiger partial charge on any atom is -0.370 e. The SMILES string of the molecule is N=C(N)N1CC[C@@H](F)C1. The molecular formula is C5H10FN3. The number of hydrogen-bond acceptors (Lipinski definition) is 1. The predicted molar refractivity (Wildman–Crippen MR) is 33.0 cm³/mol. The zero-order valence-electron chi connectivity index (χ0n) is 5.10. The van der Waals surface area contributed by atoms with Crippen molar-refractivity contribution in [2.45, 2.75) is 12.6 Å². The van der Waals surface area contributed by atoms with Crippen LogP contribution in [-0.4, -0.2) is 30.1 Å². The summed E-state index contributed by atoms with van der Waals surface area (Å²) in [5, 5.41) is 6.92. The first-order valence-corrected chi connectivity index (χ1v) is 2.93. The molecule has 0 aromatic rings. The van der Waals surface area contributed by atoms with E-state index in [4.69, 9.17) is 11.1 Å². The highest BCUT2D eigenvalue weighted by Gasteiger charge is 2.21. The Morgan fingerprint density at radius 1 is 1.78 bits per heavy atom. The number of nitrogens with zero attached hydrogens (tertiary/aromatic N) is 1. The normalized spacial score (nSPS) is 26.8. The summed E-state index contributed by atoms with van der Waals surface area (Å²) < 4.78 is 12.3. The zero-order chi connectivity index (χ0) is 6.85. The lowest BCUT2D eigenvalue weighted by atomic mass is 10.3. The van der Waals surface area contributed by atoms with Gasteiger partial charge in [-0.2, -0.15) is 0 Å². The van der Waals surface area contributed by atoms with E-state index >= 15 is 0 Å². The van der Waals surface area contributed by atoms with E-state index in [1.807, 2.05) is 0 Å². The number of halogens is 1. The van der Waals surface area contributed by atoms with E-state index in [9.17, 15) is 4.39 Å². The lowest BCUT2D eigenvalue weighted by molar-refractivity contribution is 0.341. The Hall–Kier alpha value is -0.800. The molecule has 0 aromatic carbocycles. The highest BCUT2D eigenvalue weighted by Crippen LogP contribution is 2.10. The number of rotatable bonds is 0. The second-order valence-corrected chi connectivity index (χ2v) is 2.22. The molecule has 1 aliphatic rings. The van der Waals surface area contributed by atoms with Crippen LogP contribution in [0.25, 0.3) is 0 Å². The number of guanidine groups is 1. The van der Waals surface area contributed by atoms with Crippen LogP contribution in [0.1, 0.15) is 6.42 Å². The minimum atomic E-state index is -0.783. The van der Waals surface area contributed by atoms with Gasteiger partial charge < -0.3 is 10.6 Å². The molecule has 1 atom stereocenters. The molecule has 0 radical (unpaired) electrons. The topological polar surface area (TPSA) is 53.1 Å². The highest BCUT2D eigenvalue weighted by molar-refractivity contribution is 5.74. The van der Waals surface area contributed by atoms with Crippen LogP contribution in [0.3, 0.4) is 0 Å². The maximum absolute atomic E-state index is 12.3. The monoisotopic (exact) mass is 131 g/mol. The van der Waals surface area contributed by atoms with Crippen molar-refractivity contribution in [3.63, 3.8) is 0 Å². The summed E-state index contributed by atoms with van der Waals surface area (Å²) in [5.41, 5.74) is 5.10. The van der Waals surface area contributed by atoms with Gasteiger partial charge >= 0.3 is 0 Å². The smallest absolute Gasteiger partial charge is 0.188 e. The van der Waals surface area contributed by atoms with Gasteiger partial charge in [0.1, 0.15) is 6.17 Å². The van der Waals surface area contributed by atoms with Crippen molar-refractivity contribution in [3.05, 3.63) is 0 Å². The van der Waals surface area contributed by atoms with Crippen molar-refractivity contribution in [1.29, 1.82) is 5.41 Å². The van der Waals surface area contributed by atoms with Crippen LogP contribution in [-0.2, 0) is 0 Å². The summed E-state index contributed by atoms with van der Waals surface area (Å²) in [6, 6.07) is 0. The third kappa shape index (κ3) is 1.31. The molecule has 0 spiro atoms. The van der Waals surface area contributed by atoms with Crippen molar-refractivity contribution in [2.24, 2.45) is 5.73 Å². The van der Waals surface area contributed by atoms with Gasteiger partial charge in [-0.15, -0.1) is 0 Å². The molecule has 3 N–H and O–H groups in total. The first-order valence-electron chi connectivity index (χ1n) is 2.93. The third-order valence-electron chi connectivity index (χ3n) is 1.47. The molecule has 0 aliphatic carbocycles. The molecule has 4 heteroatoms. The van der Waals surface area contributed by atoms with Crippen molar-refractivity contribution < 1.29 is 4.39 Å². The second kappa shape index (κ2) is 2.21. The Morgan fingerprint density at radius 3 is 2.67 bits per heavy atom. The number of likely N-dealkylation sites (tertiary alicyclic amines) is 1. The summed E-state index contributed by atoms with van der Waals surface area (Å²) >= 11 is 0. The summed E-state index contributed by atoms with van der Waals surface area (Å²) in [6.45, 7) is 0.895. The van der Waals surface area contributed by atoms with Crippen molar-refractivity contribution in [1.82, 2.24) is 4.90 Å². The van der Waals surface area contributed by atoms with Crippen LogP contribution in [0.15, 0.2) is 0 Å². The van der Waals surface area contributed by atoms with Crippen molar-refractivity contribution >= 4 is 5.96 Å². The Kier molecular flexibility index (Phi) is 1.55. The van der Waals surface area contributed by atoms with E-state index in [0.29, 0.717) is 19.5 Å². The van der Waals surface area contributed by atoms with Gasteiger partial charge in [0, 0.05) is 6.54 Å². The molecule has 0 unspecified atom stereocenters. The average Bonchev–Trinajstić information content (AvgIpc) is 2.14. The second-order valence-electron chi connectivity index (χ2n) is 2.22. The molecule has 0 amide bonds. The zero-order valence-corrected chi connectivity index (χ0v) is 5.10. The first-order chi connectivity index (χ1) is 4.20. The lowest BCUT2D eigenvalue weighted by Crippen LogP contribution is -2.34. The molecule has 1 saturated heterocycles. The van der Waals surface area contributed by atoms with Gasteiger partial charge in [-0.25, -0.2) is 4.39 Å². The molecule has 1 aliphatic heterocycles. The van der Waals surface area contributed by atoms with Crippen LogP contribution >= 0.6 is 0 Å². The van der Waals surface area contributed by atoms with Crippen LogP contribution in [0.5, 0.6) is 0 Å². The number of nitrogens with two attached hydrogens (primary N) is 1. The van der Waals surface area contributed by atoms with Crippen LogP contribution in [0, 0.1) is 5.41 Å². The van der Waals surface area contributed by atoms with E-state index in [1.54, 1.807) is 0 Å². The molecular weight excluding hydrogens is 121 g/mol. The van der Waals surface area contributed by atoms with E-state index < -0.39 is 6.17 Å². The molecule has 0 aromatic heterocycles. The number of nitrogens with one attached hydrogen (secondary N) is 1. The quantitative estimate of drug-likeness (QED) is 0.357. The molecule has 0 bridgehead atoms. The van der Waals surface area contributed by atoms with Gasteiger partial charge in [-0.1, -0.05) is 0 Å². The van der Waals surface area contributed by atoms with E-state index in [-0.39, 0.29) is 5.96 Å². The molecule has 1 rings (SSSR count). The highest BCUT2D eigenvalue weighted by atomic mass is 19.1. The fourth-order valence-corrected chi connectivity index (χ4v) is 0.936. The van der Waals surface area contributed by atoms with Gasteiger partial charge in [-0.3, -0.25) is 5.41 Å². The predicted octanol–water partition coefficient (Wildman–Crippen LogP) is -0.0763. The maximum Gasteiger partial charge on any atom is 0.188 e. The molecule has 0 saturated carbocycles. The Labute approximate surface area is 53.1 Å². The lowest BCUT2D eigenvalue weighted by Gasteiger charge is -2.12. The molecule has 1 fully saturated rings. The molecule has 3 nitrogen and oxygen atoms in total. The summed E-state index contributed by atoms with van der Waals surface area (Å²) in [4.78, 5) is 1.53. The van der Waals surface area contributed by atoms with E-state index in [1.165, 1.54) is 4.90 Å². The minimum absolute atomic E-state index is 0.0184. The number of alkyl halides is 1. The Bertz CT molecular complexity index is 125. The van der Waals surface area contributed by atoms with Gasteiger partial charge in [0.25, 0.3) is 0 Å². The van der Waals surface area contributed by atoms with Gasteiger partial charge in [0.2, 0.25) is 0 Å². The van der Waals surface area contributed by atoms with Gasteiger partial charge in [-0.05, 0) is 6.42 Å². The Balaban J connectivity index is 2.39. The van der Waals surface area contributed by atoms with Crippen molar-refractivity contribution in [3.8, 4) is 0 Å². The molecule has 52 valence electrons. The molecule has 1 heterocycles.